The zero-order valence-electron chi connectivity index (χ0n) is 15.9. The third-order valence-corrected chi connectivity index (χ3v) is 4.98. The third-order valence-electron chi connectivity index (χ3n) is 4.71. The number of piperazine rings is 1. The standard InChI is InChI=1S/C18H20ClF3N4O3/c1-3-13-14(16(27)24-5-7-25(8-6-24)17(28)29-4-2)26-10-11(18(20,21)22)9-12(19)15(26)23-13/h9-10H,3-8H2,1-2H3. The van der Waals surface area contributed by atoms with Crippen LogP contribution in [0.2, 0.25) is 5.02 Å². The van der Waals surface area contributed by atoms with Crippen LogP contribution in [-0.4, -0.2) is 64.0 Å². The number of aromatic nitrogens is 2. The van der Waals surface area contributed by atoms with Crippen LogP contribution in [0.4, 0.5) is 18.0 Å². The highest BCUT2D eigenvalue weighted by molar-refractivity contribution is 6.33. The van der Waals surface area contributed by atoms with Gasteiger partial charge in [-0.05, 0) is 19.4 Å². The van der Waals surface area contributed by atoms with Gasteiger partial charge in [-0.3, -0.25) is 9.20 Å². The van der Waals surface area contributed by atoms with E-state index in [0.29, 0.717) is 12.1 Å². The Balaban J connectivity index is 1.93. The van der Waals surface area contributed by atoms with E-state index in [9.17, 15) is 22.8 Å². The van der Waals surface area contributed by atoms with Crippen molar-refractivity contribution in [1.29, 1.82) is 0 Å². The van der Waals surface area contributed by atoms with Gasteiger partial charge in [0.2, 0.25) is 0 Å². The van der Waals surface area contributed by atoms with Gasteiger partial charge in [0.15, 0.2) is 5.65 Å². The molecule has 2 amide bonds. The van der Waals surface area contributed by atoms with Gasteiger partial charge in [0, 0.05) is 32.4 Å². The van der Waals surface area contributed by atoms with Crippen LogP contribution >= 0.6 is 11.6 Å². The number of hydrogen-bond acceptors (Lipinski definition) is 4. The number of carbonyl (C=O) groups excluding carboxylic acids is 2. The third kappa shape index (κ3) is 4.12. The van der Waals surface area contributed by atoms with Gasteiger partial charge in [-0.25, -0.2) is 9.78 Å². The summed E-state index contributed by atoms with van der Waals surface area (Å²) in [4.78, 5) is 32.2. The van der Waals surface area contributed by atoms with Crippen molar-refractivity contribution in [3.63, 3.8) is 0 Å². The van der Waals surface area contributed by atoms with E-state index in [0.717, 1.165) is 16.7 Å². The van der Waals surface area contributed by atoms with Gasteiger partial charge in [0.05, 0.1) is 22.9 Å². The molecule has 3 heterocycles. The highest BCUT2D eigenvalue weighted by Crippen LogP contribution is 2.33. The van der Waals surface area contributed by atoms with E-state index in [2.05, 4.69) is 4.98 Å². The molecule has 0 aromatic carbocycles. The Bertz CT molecular complexity index is 937. The summed E-state index contributed by atoms with van der Waals surface area (Å²) in [6.07, 6.45) is -3.87. The lowest BCUT2D eigenvalue weighted by molar-refractivity contribution is -0.137. The van der Waals surface area contributed by atoms with Crippen LogP contribution in [0.25, 0.3) is 5.65 Å². The van der Waals surface area contributed by atoms with Crippen LogP contribution in [-0.2, 0) is 17.3 Å². The minimum atomic E-state index is -4.61. The van der Waals surface area contributed by atoms with E-state index >= 15 is 0 Å². The molecule has 1 aliphatic heterocycles. The number of nitrogens with zero attached hydrogens (tertiary/aromatic N) is 4. The van der Waals surface area contributed by atoms with Crippen LogP contribution in [0, 0.1) is 0 Å². The second-order valence-electron chi connectivity index (χ2n) is 6.51. The maximum atomic E-state index is 13.2. The van der Waals surface area contributed by atoms with Crippen molar-refractivity contribution in [3.8, 4) is 0 Å². The van der Waals surface area contributed by atoms with Gasteiger partial charge in [-0.15, -0.1) is 0 Å². The summed E-state index contributed by atoms with van der Waals surface area (Å²) in [7, 11) is 0. The molecule has 1 saturated heterocycles. The molecule has 158 valence electrons. The SMILES string of the molecule is CCOC(=O)N1CCN(C(=O)c2c(CC)nc3c(Cl)cc(C(F)(F)F)cn23)CC1. The molecule has 2 aromatic rings. The van der Waals surface area contributed by atoms with Crippen molar-refractivity contribution in [2.75, 3.05) is 32.8 Å². The van der Waals surface area contributed by atoms with Crippen molar-refractivity contribution in [2.45, 2.75) is 26.4 Å². The molecule has 2 aromatic heterocycles. The Hall–Kier alpha value is -2.49. The van der Waals surface area contributed by atoms with E-state index in [1.54, 1.807) is 13.8 Å². The van der Waals surface area contributed by atoms with Gasteiger partial charge in [-0.2, -0.15) is 13.2 Å². The predicted molar refractivity (Wildman–Crippen MR) is 99.1 cm³/mol. The molecule has 7 nitrogen and oxygen atoms in total. The number of carbonyl (C=O) groups is 2. The molecule has 3 rings (SSSR count). The molecule has 11 heteroatoms. The Morgan fingerprint density at radius 2 is 1.79 bits per heavy atom. The first-order chi connectivity index (χ1) is 13.7. The number of halogens is 4. The first-order valence-electron chi connectivity index (χ1n) is 9.16. The molecule has 0 N–H and O–H groups in total. The fraction of sp³-hybridized carbons (Fsp3) is 0.500. The smallest absolute Gasteiger partial charge is 0.417 e. The number of fused-ring (bicyclic) bond motifs is 1. The van der Waals surface area contributed by atoms with E-state index in [1.165, 1.54) is 9.80 Å². The maximum Gasteiger partial charge on any atom is 0.417 e. The van der Waals surface area contributed by atoms with Gasteiger partial charge in [0.25, 0.3) is 5.91 Å². The van der Waals surface area contributed by atoms with Crippen LogP contribution in [0.15, 0.2) is 12.3 Å². The summed E-state index contributed by atoms with van der Waals surface area (Å²) in [6.45, 7) is 4.74. The fourth-order valence-corrected chi connectivity index (χ4v) is 3.49. The molecule has 0 saturated carbocycles. The van der Waals surface area contributed by atoms with Crippen molar-refractivity contribution >= 4 is 29.2 Å². The number of amides is 2. The number of ether oxygens (including phenoxy) is 1. The molecular formula is C18H20ClF3N4O3. The minimum Gasteiger partial charge on any atom is -0.450 e. The summed E-state index contributed by atoms with van der Waals surface area (Å²) in [5.74, 6) is -0.451. The molecular weight excluding hydrogens is 413 g/mol. The van der Waals surface area contributed by atoms with Crippen LogP contribution in [0.1, 0.15) is 35.6 Å². The minimum absolute atomic E-state index is 0.0556. The lowest BCUT2D eigenvalue weighted by Gasteiger charge is -2.34. The van der Waals surface area contributed by atoms with Crippen molar-refractivity contribution in [1.82, 2.24) is 19.2 Å². The van der Waals surface area contributed by atoms with Gasteiger partial charge in [0.1, 0.15) is 5.69 Å². The molecule has 0 bridgehead atoms. The largest absolute Gasteiger partial charge is 0.450 e. The number of imidazole rings is 1. The Kier molecular flexibility index (Phi) is 5.92. The van der Waals surface area contributed by atoms with Crippen LogP contribution in [0.3, 0.4) is 0 Å². The molecule has 29 heavy (non-hydrogen) atoms. The summed E-state index contributed by atoms with van der Waals surface area (Å²) in [5, 5.41) is -0.180. The highest BCUT2D eigenvalue weighted by atomic mass is 35.5. The second-order valence-corrected chi connectivity index (χ2v) is 6.91. The first-order valence-corrected chi connectivity index (χ1v) is 9.53. The lowest BCUT2D eigenvalue weighted by atomic mass is 10.2. The highest BCUT2D eigenvalue weighted by Gasteiger charge is 2.34. The first kappa shape index (κ1) is 21.2. The summed E-state index contributed by atoms with van der Waals surface area (Å²) < 4.78 is 45.7. The van der Waals surface area contributed by atoms with Crippen LogP contribution in [0.5, 0.6) is 0 Å². The summed E-state index contributed by atoms with van der Waals surface area (Å²) in [6, 6.07) is 0.801. The lowest BCUT2D eigenvalue weighted by Crippen LogP contribution is -2.51. The quantitative estimate of drug-likeness (QED) is 0.744. The summed E-state index contributed by atoms with van der Waals surface area (Å²) in [5.41, 5.74) is -0.439. The predicted octanol–water partition coefficient (Wildman–Crippen LogP) is 3.48. The van der Waals surface area contributed by atoms with E-state index in [4.69, 9.17) is 16.3 Å². The van der Waals surface area contributed by atoms with Crippen molar-refractivity contribution in [2.24, 2.45) is 0 Å². The summed E-state index contributed by atoms with van der Waals surface area (Å²) >= 11 is 6.02. The molecule has 0 aliphatic carbocycles. The average Bonchev–Trinajstić information content (AvgIpc) is 3.06. The normalized spacial score (nSPS) is 15.1. The molecule has 0 unspecified atom stereocenters. The van der Waals surface area contributed by atoms with Gasteiger partial charge >= 0.3 is 12.3 Å². The van der Waals surface area contributed by atoms with Gasteiger partial charge in [-0.1, -0.05) is 18.5 Å². The van der Waals surface area contributed by atoms with Crippen molar-refractivity contribution in [3.05, 3.63) is 34.2 Å². The Labute approximate surface area is 170 Å². The fourth-order valence-electron chi connectivity index (χ4n) is 3.24. The van der Waals surface area contributed by atoms with Gasteiger partial charge < -0.3 is 14.5 Å². The van der Waals surface area contributed by atoms with E-state index < -0.39 is 23.7 Å². The number of rotatable bonds is 3. The monoisotopic (exact) mass is 432 g/mol. The maximum absolute atomic E-state index is 13.2. The van der Waals surface area contributed by atoms with E-state index in [1.807, 2.05) is 0 Å². The number of alkyl halides is 3. The Morgan fingerprint density at radius 3 is 2.34 bits per heavy atom. The number of hydrogen-bond donors (Lipinski definition) is 0. The zero-order valence-corrected chi connectivity index (χ0v) is 16.7. The van der Waals surface area contributed by atoms with Crippen molar-refractivity contribution < 1.29 is 27.5 Å². The molecule has 0 spiro atoms. The topological polar surface area (TPSA) is 67.2 Å². The average molecular weight is 433 g/mol. The molecule has 1 fully saturated rings. The second kappa shape index (κ2) is 8.10. The molecule has 1 aliphatic rings. The van der Waals surface area contributed by atoms with E-state index in [-0.39, 0.29) is 49.1 Å². The van der Waals surface area contributed by atoms with Crippen LogP contribution < -0.4 is 0 Å². The zero-order chi connectivity index (χ0) is 21.3. The number of pyridine rings is 1. The Morgan fingerprint density at radius 1 is 1.17 bits per heavy atom. The molecule has 0 atom stereocenters. The molecule has 0 radical (unpaired) electrons. The number of aryl methyl sites for hydroxylation is 1.